The highest BCUT2D eigenvalue weighted by Gasteiger charge is 2.36. The van der Waals surface area contributed by atoms with Gasteiger partial charge in [-0.25, -0.2) is 0 Å². The van der Waals surface area contributed by atoms with Gasteiger partial charge in [-0.1, -0.05) is 54.4 Å². The van der Waals surface area contributed by atoms with Crippen molar-refractivity contribution in [1.82, 2.24) is 4.90 Å². The lowest BCUT2D eigenvalue weighted by Crippen LogP contribution is -2.36. The van der Waals surface area contributed by atoms with Crippen molar-refractivity contribution in [2.45, 2.75) is 26.9 Å². The van der Waals surface area contributed by atoms with Gasteiger partial charge in [0.2, 0.25) is 5.91 Å². The monoisotopic (exact) mass is 584 g/mol. The molecular formula is C29H26Cl2N2O5S. The molecule has 0 spiro atoms. The minimum Gasteiger partial charge on any atom is -0.490 e. The van der Waals surface area contributed by atoms with Crippen molar-refractivity contribution < 1.29 is 23.9 Å². The van der Waals surface area contributed by atoms with Crippen LogP contribution < -0.4 is 14.8 Å². The van der Waals surface area contributed by atoms with Crippen molar-refractivity contribution in [1.29, 1.82) is 0 Å². The van der Waals surface area contributed by atoms with Crippen LogP contribution in [0.1, 0.15) is 30.5 Å². The van der Waals surface area contributed by atoms with E-state index in [-0.39, 0.29) is 23.1 Å². The van der Waals surface area contributed by atoms with Gasteiger partial charge in [0, 0.05) is 10.7 Å². The summed E-state index contributed by atoms with van der Waals surface area (Å²) in [7, 11) is 0. The molecule has 1 heterocycles. The number of benzene rings is 3. The van der Waals surface area contributed by atoms with Crippen molar-refractivity contribution in [3.63, 3.8) is 0 Å². The first kappa shape index (κ1) is 28.5. The highest BCUT2D eigenvalue weighted by molar-refractivity contribution is 8.18. The number of amides is 3. The van der Waals surface area contributed by atoms with E-state index in [1.54, 1.807) is 42.5 Å². The predicted octanol–water partition coefficient (Wildman–Crippen LogP) is 7.21. The summed E-state index contributed by atoms with van der Waals surface area (Å²) in [6, 6.07) is 18.0. The molecule has 1 N–H and O–H groups in total. The normalized spacial score (nSPS) is 14.2. The number of carbonyl (C=O) groups is 3. The molecule has 3 aromatic rings. The molecule has 1 fully saturated rings. The van der Waals surface area contributed by atoms with Crippen molar-refractivity contribution in [3.8, 4) is 11.5 Å². The van der Waals surface area contributed by atoms with Crippen molar-refractivity contribution in [3.05, 3.63) is 92.3 Å². The van der Waals surface area contributed by atoms with E-state index in [1.165, 1.54) is 0 Å². The largest absolute Gasteiger partial charge is 0.490 e. The van der Waals surface area contributed by atoms with E-state index >= 15 is 0 Å². The molecule has 1 aliphatic rings. The van der Waals surface area contributed by atoms with Crippen LogP contribution in [-0.4, -0.2) is 35.1 Å². The molecule has 7 nitrogen and oxygen atoms in total. The fourth-order valence-corrected chi connectivity index (χ4v) is 5.00. The molecule has 202 valence electrons. The molecule has 10 heteroatoms. The number of aryl methyl sites for hydroxylation is 1. The van der Waals surface area contributed by atoms with Crippen LogP contribution in [0.5, 0.6) is 11.5 Å². The van der Waals surface area contributed by atoms with E-state index in [2.05, 4.69) is 5.32 Å². The highest BCUT2D eigenvalue weighted by Crippen LogP contribution is 2.39. The third-order valence-electron chi connectivity index (χ3n) is 5.75. The summed E-state index contributed by atoms with van der Waals surface area (Å²) in [5.41, 5.74) is 3.18. The maximum Gasteiger partial charge on any atom is 0.294 e. The van der Waals surface area contributed by atoms with Crippen LogP contribution in [0.3, 0.4) is 0 Å². The first-order valence-corrected chi connectivity index (χ1v) is 13.8. The first-order chi connectivity index (χ1) is 18.8. The lowest BCUT2D eigenvalue weighted by molar-refractivity contribution is -0.127. The zero-order valence-electron chi connectivity index (χ0n) is 21.3. The lowest BCUT2D eigenvalue weighted by Gasteiger charge is -2.15. The summed E-state index contributed by atoms with van der Waals surface area (Å²) in [6.07, 6.45) is 2.43. The summed E-state index contributed by atoms with van der Waals surface area (Å²) in [5, 5.41) is 3.11. The van der Waals surface area contributed by atoms with Gasteiger partial charge < -0.3 is 14.8 Å². The minimum atomic E-state index is -0.557. The Labute approximate surface area is 241 Å². The Morgan fingerprint density at radius 2 is 1.67 bits per heavy atom. The van der Waals surface area contributed by atoms with Crippen LogP contribution in [0, 0.1) is 0 Å². The topological polar surface area (TPSA) is 84.9 Å². The van der Waals surface area contributed by atoms with Gasteiger partial charge in [-0.3, -0.25) is 19.3 Å². The Morgan fingerprint density at radius 1 is 0.974 bits per heavy atom. The maximum absolute atomic E-state index is 13.0. The SMILES string of the molecule is CCOc1cc(/C=C2/SC(=O)N(CC(=O)Nc3ccc(CC)cc3)C2=O)cc(Cl)c1OCc1ccc(Cl)cc1. The van der Waals surface area contributed by atoms with Crippen molar-refractivity contribution in [2.24, 2.45) is 0 Å². The number of rotatable bonds is 10. The van der Waals surface area contributed by atoms with E-state index in [4.69, 9.17) is 32.7 Å². The third kappa shape index (κ3) is 7.35. The zero-order chi connectivity index (χ0) is 27.9. The molecule has 0 saturated carbocycles. The first-order valence-electron chi connectivity index (χ1n) is 12.2. The second-order valence-electron chi connectivity index (χ2n) is 8.54. The number of hydrogen-bond donors (Lipinski definition) is 1. The number of nitrogens with zero attached hydrogens (tertiary/aromatic N) is 1. The van der Waals surface area contributed by atoms with Gasteiger partial charge >= 0.3 is 0 Å². The number of ether oxygens (including phenoxy) is 2. The van der Waals surface area contributed by atoms with Gasteiger partial charge in [-0.15, -0.1) is 0 Å². The molecule has 3 amide bonds. The Bertz CT molecular complexity index is 1410. The summed E-state index contributed by atoms with van der Waals surface area (Å²) in [5.74, 6) is -0.259. The van der Waals surface area contributed by atoms with Gasteiger partial charge in [0.1, 0.15) is 13.2 Å². The highest BCUT2D eigenvalue weighted by atomic mass is 35.5. The number of nitrogens with one attached hydrogen (secondary N) is 1. The lowest BCUT2D eigenvalue weighted by atomic mass is 10.1. The molecule has 0 radical (unpaired) electrons. The smallest absolute Gasteiger partial charge is 0.294 e. The van der Waals surface area contributed by atoms with Crippen LogP contribution >= 0.6 is 35.0 Å². The van der Waals surface area contributed by atoms with Crippen LogP contribution in [0.15, 0.2) is 65.6 Å². The molecule has 0 atom stereocenters. The molecule has 0 bridgehead atoms. The number of hydrogen-bond acceptors (Lipinski definition) is 6. The third-order valence-corrected chi connectivity index (χ3v) is 7.19. The molecule has 3 aromatic carbocycles. The molecule has 1 aliphatic heterocycles. The number of thioether (sulfide) groups is 1. The molecule has 0 unspecified atom stereocenters. The van der Waals surface area contributed by atoms with Crippen LogP contribution in [0.4, 0.5) is 10.5 Å². The number of anilines is 1. The van der Waals surface area contributed by atoms with Crippen LogP contribution in [-0.2, 0) is 22.6 Å². The molecule has 4 rings (SSSR count). The van der Waals surface area contributed by atoms with E-state index < -0.39 is 17.1 Å². The van der Waals surface area contributed by atoms with E-state index in [9.17, 15) is 14.4 Å². The Morgan fingerprint density at radius 3 is 2.33 bits per heavy atom. The van der Waals surface area contributed by atoms with Gasteiger partial charge in [-0.2, -0.15) is 0 Å². The van der Waals surface area contributed by atoms with E-state index in [1.807, 2.05) is 38.1 Å². The fourth-order valence-electron chi connectivity index (χ4n) is 3.77. The van der Waals surface area contributed by atoms with E-state index in [0.717, 1.165) is 34.2 Å². The Kier molecular flexibility index (Phi) is 9.56. The molecular weight excluding hydrogens is 559 g/mol. The minimum absolute atomic E-state index is 0.174. The second-order valence-corrected chi connectivity index (χ2v) is 10.4. The van der Waals surface area contributed by atoms with Crippen LogP contribution in [0.25, 0.3) is 6.08 Å². The Balaban J connectivity index is 1.46. The van der Waals surface area contributed by atoms with Crippen molar-refractivity contribution in [2.75, 3.05) is 18.5 Å². The standard InChI is InChI=1S/C29H26Cl2N2O5S/c1-3-18-7-11-22(12-8-18)32-26(34)16-33-28(35)25(39-29(33)36)15-20-13-23(31)27(24(14-20)37-4-2)38-17-19-5-9-21(30)10-6-19/h5-15H,3-4,16-17H2,1-2H3,(H,32,34)/b25-15+. The van der Waals surface area contributed by atoms with Gasteiger partial charge in [0.15, 0.2) is 11.5 Å². The second kappa shape index (κ2) is 13.1. The number of halogens is 2. The molecule has 0 aliphatic carbocycles. The average Bonchev–Trinajstić information content (AvgIpc) is 3.17. The van der Waals surface area contributed by atoms with E-state index in [0.29, 0.717) is 34.4 Å². The molecule has 1 saturated heterocycles. The predicted molar refractivity (Wildman–Crippen MR) is 156 cm³/mol. The zero-order valence-corrected chi connectivity index (χ0v) is 23.7. The maximum atomic E-state index is 13.0. The van der Waals surface area contributed by atoms with Gasteiger partial charge in [-0.05, 0) is 84.3 Å². The quantitative estimate of drug-likeness (QED) is 0.253. The Hall–Kier alpha value is -3.46. The van der Waals surface area contributed by atoms with Crippen LogP contribution in [0.2, 0.25) is 10.0 Å². The molecule has 0 aromatic heterocycles. The van der Waals surface area contributed by atoms with Crippen molar-refractivity contribution >= 4 is 63.8 Å². The number of imide groups is 1. The number of carbonyl (C=O) groups excluding carboxylic acids is 3. The van der Waals surface area contributed by atoms with Gasteiger partial charge in [0.25, 0.3) is 11.1 Å². The summed E-state index contributed by atoms with van der Waals surface area (Å²) >= 11 is 13.2. The summed E-state index contributed by atoms with van der Waals surface area (Å²) < 4.78 is 11.7. The summed E-state index contributed by atoms with van der Waals surface area (Å²) in [6.45, 7) is 4.10. The van der Waals surface area contributed by atoms with Gasteiger partial charge in [0.05, 0.1) is 16.5 Å². The molecule has 39 heavy (non-hydrogen) atoms. The fraction of sp³-hybridized carbons (Fsp3) is 0.207. The average molecular weight is 586 g/mol. The summed E-state index contributed by atoms with van der Waals surface area (Å²) in [4.78, 5) is 39.1.